The van der Waals surface area contributed by atoms with Crippen molar-refractivity contribution in [3.63, 3.8) is 0 Å². The Morgan fingerprint density at radius 1 is 1.23 bits per heavy atom. The van der Waals surface area contributed by atoms with E-state index in [1.54, 1.807) is 12.1 Å². The Balaban J connectivity index is 1.63. The molecule has 2 heterocycles. The summed E-state index contributed by atoms with van der Waals surface area (Å²) in [6.45, 7) is 5.75. The Morgan fingerprint density at radius 2 is 1.97 bits per heavy atom. The molecule has 30 heavy (non-hydrogen) atoms. The first kappa shape index (κ1) is 22.0. The van der Waals surface area contributed by atoms with E-state index in [0.717, 1.165) is 36.4 Å². The predicted molar refractivity (Wildman–Crippen MR) is 120 cm³/mol. The van der Waals surface area contributed by atoms with E-state index in [1.807, 2.05) is 19.9 Å². The van der Waals surface area contributed by atoms with E-state index in [2.05, 4.69) is 30.9 Å². The van der Waals surface area contributed by atoms with Gasteiger partial charge in [0.25, 0.3) is 0 Å². The van der Waals surface area contributed by atoms with Crippen LogP contribution in [0, 0.1) is 19.7 Å². The van der Waals surface area contributed by atoms with E-state index >= 15 is 0 Å². The predicted octanol–water partition coefficient (Wildman–Crippen LogP) is 2.89. The van der Waals surface area contributed by atoms with Crippen molar-refractivity contribution in [3.8, 4) is 0 Å². The molecule has 0 amide bonds. The van der Waals surface area contributed by atoms with Gasteiger partial charge in [-0.3, -0.25) is 10.3 Å². The second-order valence-electron chi connectivity index (χ2n) is 7.18. The van der Waals surface area contributed by atoms with Crippen LogP contribution in [0.15, 0.2) is 35.3 Å². The number of anilines is 1. The van der Waals surface area contributed by atoms with Gasteiger partial charge in [-0.15, -0.1) is 0 Å². The van der Waals surface area contributed by atoms with Crippen LogP contribution >= 0.6 is 12.2 Å². The number of benzene rings is 1. The molecule has 0 spiro atoms. The molecule has 7 nitrogen and oxygen atoms in total. The van der Waals surface area contributed by atoms with Crippen molar-refractivity contribution in [1.82, 2.24) is 20.6 Å². The number of nitrogens with zero attached hydrogens (tertiary/aromatic N) is 3. The Morgan fingerprint density at radius 3 is 2.63 bits per heavy atom. The third-order valence-electron chi connectivity index (χ3n) is 4.54. The van der Waals surface area contributed by atoms with Crippen molar-refractivity contribution in [1.29, 1.82) is 0 Å². The average Bonchev–Trinajstić information content (AvgIpc) is 3.21. The largest absolute Gasteiger partial charge is 0.376 e. The van der Waals surface area contributed by atoms with E-state index in [9.17, 15) is 4.39 Å². The van der Waals surface area contributed by atoms with Crippen molar-refractivity contribution >= 4 is 29.2 Å². The molecule has 1 unspecified atom stereocenters. The summed E-state index contributed by atoms with van der Waals surface area (Å²) in [7, 11) is 0. The molecule has 1 saturated heterocycles. The number of nitrogens with one attached hydrogen (secondary N) is 3. The van der Waals surface area contributed by atoms with Crippen LogP contribution in [0.4, 0.5) is 10.3 Å². The normalized spacial score (nSPS) is 16.4. The molecule has 0 bridgehead atoms. The van der Waals surface area contributed by atoms with Gasteiger partial charge in [-0.25, -0.2) is 14.4 Å². The number of aryl methyl sites for hydroxylation is 2. The summed E-state index contributed by atoms with van der Waals surface area (Å²) in [5.74, 6) is 0.648. The van der Waals surface area contributed by atoms with E-state index in [1.165, 1.54) is 12.1 Å². The molecule has 1 aromatic heterocycles. The van der Waals surface area contributed by atoms with Crippen LogP contribution in [0.5, 0.6) is 0 Å². The van der Waals surface area contributed by atoms with Gasteiger partial charge in [-0.05, 0) is 69.1 Å². The van der Waals surface area contributed by atoms with Gasteiger partial charge in [0.2, 0.25) is 11.9 Å². The van der Waals surface area contributed by atoms with Gasteiger partial charge in [0.1, 0.15) is 5.82 Å². The number of aliphatic imine (C=N–C) groups is 1. The second kappa shape index (κ2) is 10.9. The lowest BCUT2D eigenvalue weighted by atomic mass is 10.1. The highest BCUT2D eigenvalue weighted by Crippen LogP contribution is 2.10. The monoisotopic (exact) mass is 430 g/mol. The van der Waals surface area contributed by atoms with E-state index in [4.69, 9.17) is 17.0 Å². The molecule has 1 fully saturated rings. The zero-order valence-electron chi connectivity index (χ0n) is 17.2. The van der Waals surface area contributed by atoms with Crippen LogP contribution < -0.4 is 16.0 Å². The van der Waals surface area contributed by atoms with Gasteiger partial charge in [0.15, 0.2) is 5.11 Å². The van der Waals surface area contributed by atoms with Crippen molar-refractivity contribution in [2.24, 2.45) is 4.99 Å². The van der Waals surface area contributed by atoms with Crippen molar-refractivity contribution in [2.75, 3.05) is 25.0 Å². The molecule has 1 atom stereocenters. The summed E-state index contributed by atoms with van der Waals surface area (Å²) in [6, 6.07) is 8.31. The van der Waals surface area contributed by atoms with Crippen LogP contribution in [0.1, 0.15) is 29.8 Å². The van der Waals surface area contributed by atoms with E-state index < -0.39 is 0 Å². The zero-order chi connectivity index (χ0) is 21.3. The van der Waals surface area contributed by atoms with E-state index in [-0.39, 0.29) is 11.9 Å². The molecule has 0 saturated carbocycles. The molecule has 0 radical (unpaired) electrons. The molecule has 1 aliphatic rings. The first-order valence-corrected chi connectivity index (χ1v) is 10.4. The maximum Gasteiger partial charge on any atom is 0.229 e. The molecular weight excluding hydrogens is 403 g/mol. The van der Waals surface area contributed by atoms with Crippen LogP contribution in [0.2, 0.25) is 0 Å². The first-order valence-electron chi connectivity index (χ1n) is 10.0. The van der Waals surface area contributed by atoms with Crippen LogP contribution in [-0.4, -0.2) is 46.8 Å². The molecule has 9 heteroatoms. The smallest absolute Gasteiger partial charge is 0.229 e. The van der Waals surface area contributed by atoms with Gasteiger partial charge >= 0.3 is 0 Å². The molecule has 160 valence electrons. The number of hydrogen-bond acceptors (Lipinski definition) is 5. The maximum absolute atomic E-state index is 13.1. The van der Waals surface area contributed by atoms with Gasteiger partial charge in [0.05, 0.1) is 6.10 Å². The summed E-state index contributed by atoms with van der Waals surface area (Å²) < 4.78 is 18.7. The number of aromatic nitrogens is 2. The Bertz CT molecular complexity index is 863. The number of rotatable bonds is 6. The summed E-state index contributed by atoms with van der Waals surface area (Å²) >= 11 is 5.41. The minimum absolute atomic E-state index is 0.180. The molecule has 1 aliphatic heterocycles. The van der Waals surface area contributed by atoms with Gasteiger partial charge < -0.3 is 15.4 Å². The maximum atomic E-state index is 13.1. The molecule has 2 aromatic rings. The highest BCUT2D eigenvalue weighted by atomic mass is 32.1. The number of halogens is 1. The molecular formula is C21H27FN6OS. The Hall–Kier alpha value is -2.65. The van der Waals surface area contributed by atoms with Crippen molar-refractivity contribution in [3.05, 3.63) is 53.1 Å². The van der Waals surface area contributed by atoms with Crippen LogP contribution in [0.3, 0.4) is 0 Å². The van der Waals surface area contributed by atoms with Crippen molar-refractivity contribution in [2.45, 2.75) is 39.2 Å². The average molecular weight is 431 g/mol. The van der Waals surface area contributed by atoms with Crippen LogP contribution in [0.25, 0.3) is 0 Å². The molecule has 1 aromatic carbocycles. The number of ether oxygens (including phenoxy) is 1. The number of hydrogen-bond donors (Lipinski definition) is 3. The molecule has 0 aliphatic carbocycles. The fraction of sp³-hybridized carbons (Fsp3) is 0.429. The SMILES string of the molecule is Cc1cc(C)nc(NC(=NCCc2ccc(F)cc2)NC(=S)NCC2CCCO2)n1. The van der Waals surface area contributed by atoms with E-state index in [0.29, 0.717) is 36.5 Å². The second-order valence-corrected chi connectivity index (χ2v) is 7.58. The van der Waals surface area contributed by atoms with Gasteiger partial charge in [0, 0.05) is 31.1 Å². The lowest BCUT2D eigenvalue weighted by molar-refractivity contribution is 0.114. The highest BCUT2D eigenvalue weighted by Gasteiger charge is 2.15. The van der Waals surface area contributed by atoms with Crippen LogP contribution in [-0.2, 0) is 11.2 Å². The summed E-state index contributed by atoms with van der Waals surface area (Å²) in [6.07, 6.45) is 2.95. The molecule has 3 N–H and O–H groups in total. The number of guanidine groups is 1. The fourth-order valence-corrected chi connectivity index (χ4v) is 3.29. The standard InChI is InChI=1S/C21H27FN6OS/c1-14-12-15(2)26-20(25-14)27-19(23-10-9-16-5-7-17(22)8-6-16)28-21(30)24-13-18-4-3-11-29-18/h5-8,12,18H,3-4,9-11,13H2,1-2H3,(H3,23,24,25,26,27,28,30). The highest BCUT2D eigenvalue weighted by molar-refractivity contribution is 7.80. The Labute approximate surface area is 181 Å². The third kappa shape index (κ3) is 7.31. The fourth-order valence-electron chi connectivity index (χ4n) is 3.11. The summed E-state index contributed by atoms with van der Waals surface area (Å²) in [4.78, 5) is 13.4. The molecule has 3 rings (SSSR count). The first-order chi connectivity index (χ1) is 14.5. The quantitative estimate of drug-likeness (QED) is 0.369. The third-order valence-corrected chi connectivity index (χ3v) is 4.79. The summed E-state index contributed by atoms with van der Waals surface area (Å²) in [5, 5.41) is 9.82. The van der Waals surface area contributed by atoms with Gasteiger partial charge in [-0.1, -0.05) is 12.1 Å². The lowest BCUT2D eigenvalue weighted by Crippen LogP contribution is -2.45. The minimum Gasteiger partial charge on any atom is -0.376 e. The van der Waals surface area contributed by atoms with Gasteiger partial charge in [-0.2, -0.15) is 0 Å². The lowest BCUT2D eigenvalue weighted by Gasteiger charge is -2.16. The van der Waals surface area contributed by atoms with Crippen molar-refractivity contribution < 1.29 is 9.13 Å². The number of thiocarbonyl (C=S) groups is 1. The summed E-state index contributed by atoms with van der Waals surface area (Å²) in [5.41, 5.74) is 2.71. The Kier molecular flexibility index (Phi) is 8.04. The minimum atomic E-state index is -0.249. The topological polar surface area (TPSA) is 83.5 Å². The zero-order valence-corrected chi connectivity index (χ0v) is 18.1.